The number of rotatable bonds is 0. The summed E-state index contributed by atoms with van der Waals surface area (Å²) in [5, 5.41) is 13.2. The van der Waals surface area contributed by atoms with E-state index in [0.717, 1.165) is 34.2 Å². The third-order valence-corrected chi connectivity index (χ3v) is 2.99. The summed E-state index contributed by atoms with van der Waals surface area (Å²) in [7, 11) is 0. The number of nitrogens with zero attached hydrogens (tertiary/aromatic N) is 2. The Bertz CT molecular complexity index is 256. The minimum atomic E-state index is 0.942. The molecule has 4 heteroatoms. The molecular formula is C7H10N2OS. The van der Waals surface area contributed by atoms with Gasteiger partial charge in [0, 0.05) is 17.7 Å². The van der Waals surface area contributed by atoms with E-state index < -0.39 is 0 Å². The van der Waals surface area contributed by atoms with Crippen LogP contribution >= 0.6 is 11.8 Å². The summed E-state index contributed by atoms with van der Waals surface area (Å²) in [6.07, 6.45) is 0.942. The lowest BCUT2D eigenvalue weighted by Gasteiger charge is -2.10. The third-order valence-electron chi connectivity index (χ3n) is 2.00. The molecule has 1 N–H and O–H groups in total. The Kier molecular flexibility index (Phi) is 1.56. The fourth-order valence-electron chi connectivity index (χ4n) is 1.37. The van der Waals surface area contributed by atoms with Crippen LogP contribution in [0, 0.1) is 6.92 Å². The van der Waals surface area contributed by atoms with Gasteiger partial charge in [-0.25, -0.2) is 0 Å². The average molecular weight is 170 g/mol. The van der Waals surface area contributed by atoms with Gasteiger partial charge < -0.3 is 5.21 Å². The molecule has 0 amide bonds. The van der Waals surface area contributed by atoms with Crippen LogP contribution in [-0.4, -0.2) is 20.9 Å². The lowest BCUT2D eigenvalue weighted by Crippen LogP contribution is -2.06. The van der Waals surface area contributed by atoms with E-state index in [1.807, 2.05) is 18.7 Å². The molecule has 2 heterocycles. The number of thioether (sulfide) groups is 1. The van der Waals surface area contributed by atoms with Crippen molar-refractivity contribution in [3.63, 3.8) is 0 Å². The summed E-state index contributed by atoms with van der Waals surface area (Å²) in [5.41, 5.74) is 3.19. The van der Waals surface area contributed by atoms with Crippen molar-refractivity contribution in [1.82, 2.24) is 9.94 Å². The Balaban J connectivity index is 2.52. The monoisotopic (exact) mass is 170 g/mol. The zero-order valence-corrected chi connectivity index (χ0v) is 7.19. The van der Waals surface area contributed by atoms with Crippen LogP contribution in [0.1, 0.15) is 17.0 Å². The van der Waals surface area contributed by atoms with Crippen molar-refractivity contribution in [2.24, 2.45) is 0 Å². The van der Waals surface area contributed by atoms with E-state index in [4.69, 9.17) is 0 Å². The van der Waals surface area contributed by atoms with Crippen molar-refractivity contribution >= 4 is 11.8 Å². The summed E-state index contributed by atoms with van der Waals surface area (Å²) >= 11 is 1.90. The molecule has 1 aromatic rings. The zero-order chi connectivity index (χ0) is 7.84. The maximum Gasteiger partial charge on any atom is 0.0849 e. The van der Waals surface area contributed by atoms with Crippen LogP contribution in [0.2, 0.25) is 0 Å². The molecule has 0 aliphatic carbocycles. The number of hydrogen-bond acceptors (Lipinski definition) is 3. The second kappa shape index (κ2) is 2.44. The fourth-order valence-corrected chi connectivity index (χ4v) is 2.44. The van der Waals surface area contributed by atoms with Gasteiger partial charge in [-0.2, -0.15) is 11.8 Å². The van der Waals surface area contributed by atoms with Gasteiger partial charge in [-0.15, -0.1) is 9.94 Å². The number of fused-ring (bicyclic) bond motifs is 1. The lowest BCUT2D eigenvalue weighted by atomic mass is 10.2. The topological polar surface area (TPSA) is 38.0 Å². The molecule has 1 aromatic heterocycles. The molecule has 0 fully saturated rings. The van der Waals surface area contributed by atoms with Crippen molar-refractivity contribution in [1.29, 1.82) is 0 Å². The highest BCUT2D eigenvalue weighted by Gasteiger charge is 2.17. The molecule has 0 atom stereocenters. The normalized spacial score (nSPS) is 16.5. The highest BCUT2D eigenvalue weighted by molar-refractivity contribution is 7.98. The van der Waals surface area contributed by atoms with Crippen molar-refractivity contribution in [3.05, 3.63) is 17.0 Å². The Morgan fingerprint density at radius 3 is 3.18 bits per heavy atom. The summed E-state index contributed by atoms with van der Waals surface area (Å²) in [4.78, 5) is 1.03. The smallest absolute Gasteiger partial charge is 0.0849 e. The Labute approximate surface area is 69.4 Å². The lowest BCUT2D eigenvalue weighted by molar-refractivity contribution is 0.139. The van der Waals surface area contributed by atoms with Crippen LogP contribution in [0.5, 0.6) is 0 Å². The Hall–Kier alpha value is -0.640. The molecule has 3 nitrogen and oxygen atoms in total. The SMILES string of the molecule is Cc1nn(O)c2c1CSCC2. The molecule has 2 rings (SSSR count). The van der Waals surface area contributed by atoms with Crippen LogP contribution < -0.4 is 0 Å². The maximum absolute atomic E-state index is 9.27. The molecule has 11 heavy (non-hydrogen) atoms. The largest absolute Gasteiger partial charge is 0.411 e. The maximum atomic E-state index is 9.27. The number of aromatic nitrogens is 2. The number of hydrogen-bond donors (Lipinski definition) is 1. The average Bonchev–Trinajstić information content (AvgIpc) is 2.30. The van der Waals surface area contributed by atoms with E-state index in [0.29, 0.717) is 0 Å². The van der Waals surface area contributed by atoms with Crippen molar-refractivity contribution in [2.45, 2.75) is 19.1 Å². The molecule has 0 unspecified atom stereocenters. The summed E-state index contributed by atoms with van der Waals surface area (Å²) in [6.45, 7) is 1.94. The molecule has 60 valence electrons. The second-order valence-electron chi connectivity index (χ2n) is 2.70. The van der Waals surface area contributed by atoms with Gasteiger partial charge in [0.05, 0.1) is 11.4 Å². The van der Waals surface area contributed by atoms with Gasteiger partial charge in [0.25, 0.3) is 0 Å². The summed E-state index contributed by atoms with van der Waals surface area (Å²) < 4.78 is 0. The predicted octanol–water partition coefficient (Wildman–Crippen LogP) is 1.22. The van der Waals surface area contributed by atoms with Crippen LogP contribution in [-0.2, 0) is 12.2 Å². The van der Waals surface area contributed by atoms with Crippen LogP contribution in [0.25, 0.3) is 0 Å². The predicted molar refractivity (Wildman–Crippen MR) is 44.0 cm³/mol. The van der Waals surface area contributed by atoms with Gasteiger partial charge in [0.15, 0.2) is 0 Å². The van der Waals surface area contributed by atoms with Gasteiger partial charge in [-0.3, -0.25) is 0 Å². The van der Waals surface area contributed by atoms with E-state index in [9.17, 15) is 5.21 Å². The number of aryl methyl sites for hydroxylation is 1. The van der Waals surface area contributed by atoms with E-state index in [1.165, 1.54) is 5.56 Å². The zero-order valence-electron chi connectivity index (χ0n) is 6.37. The fraction of sp³-hybridized carbons (Fsp3) is 0.571. The molecule has 0 aromatic carbocycles. The minimum Gasteiger partial charge on any atom is -0.411 e. The Morgan fingerprint density at radius 1 is 1.64 bits per heavy atom. The van der Waals surface area contributed by atoms with E-state index in [-0.39, 0.29) is 0 Å². The van der Waals surface area contributed by atoms with Crippen molar-refractivity contribution in [3.8, 4) is 0 Å². The highest BCUT2D eigenvalue weighted by Crippen LogP contribution is 2.25. The highest BCUT2D eigenvalue weighted by atomic mass is 32.2. The second-order valence-corrected chi connectivity index (χ2v) is 3.81. The first-order valence-corrected chi connectivity index (χ1v) is 4.79. The molecule has 0 spiro atoms. The minimum absolute atomic E-state index is 0.942. The van der Waals surface area contributed by atoms with E-state index in [2.05, 4.69) is 5.10 Å². The van der Waals surface area contributed by atoms with Gasteiger partial charge in [-0.1, -0.05) is 0 Å². The molecule has 1 aliphatic heterocycles. The van der Waals surface area contributed by atoms with E-state index >= 15 is 0 Å². The molecule has 0 saturated carbocycles. The van der Waals surface area contributed by atoms with Gasteiger partial charge in [0.1, 0.15) is 0 Å². The van der Waals surface area contributed by atoms with Gasteiger partial charge in [0.2, 0.25) is 0 Å². The quantitative estimate of drug-likeness (QED) is 0.595. The van der Waals surface area contributed by atoms with Gasteiger partial charge in [-0.05, 0) is 12.7 Å². The molecular weight excluding hydrogens is 160 g/mol. The Morgan fingerprint density at radius 2 is 2.45 bits per heavy atom. The standard InChI is InChI=1S/C7H10N2OS/c1-5-6-4-11-3-2-7(6)9(10)8-5/h10H,2-4H2,1H3. The molecule has 1 aliphatic rings. The van der Waals surface area contributed by atoms with E-state index in [1.54, 1.807) is 0 Å². The molecule has 0 saturated heterocycles. The van der Waals surface area contributed by atoms with Crippen LogP contribution in [0.15, 0.2) is 0 Å². The van der Waals surface area contributed by atoms with Crippen molar-refractivity contribution < 1.29 is 5.21 Å². The molecule has 0 radical (unpaired) electrons. The summed E-state index contributed by atoms with van der Waals surface area (Å²) in [6, 6.07) is 0. The first-order chi connectivity index (χ1) is 5.29. The molecule has 0 bridgehead atoms. The van der Waals surface area contributed by atoms with Crippen LogP contribution in [0.3, 0.4) is 0 Å². The first-order valence-electron chi connectivity index (χ1n) is 3.63. The van der Waals surface area contributed by atoms with Gasteiger partial charge >= 0.3 is 0 Å². The summed E-state index contributed by atoms with van der Waals surface area (Å²) in [5.74, 6) is 2.10. The first kappa shape index (κ1) is 7.03. The van der Waals surface area contributed by atoms with Crippen LogP contribution in [0.4, 0.5) is 0 Å². The third kappa shape index (κ3) is 1.01. The van der Waals surface area contributed by atoms with Crippen molar-refractivity contribution in [2.75, 3.05) is 5.75 Å².